The summed E-state index contributed by atoms with van der Waals surface area (Å²) in [5, 5.41) is 7.18. The van der Waals surface area contributed by atoms with Gasteiger partial charge in [-0.1, -0.05) is 0 Å². The van der Waals surface area contributed by atoms with Gasteiger partial charge in [-0.25, -0.2) is 4.79 Å². The zero-order chi connectivity index (χ0) is 22.0. The quantitative estimate of drug-likeness (QED) is 0.782. The third-order valence-electron chi connectivity index (χ3n) is 6.44. The van der Waals surface area contributed by atoms with Gasteiger partial charge < -0.3 is 9.80 Å². The number of nitrogens with zero attached hydrogens (tertiary/aromatic N) is 5. The second-order valence-corrected chi connectivity index (χ2v) is 8.57. The van der Waals surface area contributed by atoms with Crippen molar-refractivity contribution in [2.24, 2.45) is 0 Å². The van der Waals surface area contributed by atoms with E-state index >= 15 is 0 Å². The molecule has 2 aromatic rings. The van der Waals surface area contributed by atoms with E-state index in [1.807, 2.05) is 22.8 Å². The summed E-state index contributed by atoms with van der Waals surface area (Å²) in [5.41, 5.74) is 2.77. The Hall–Kier alpha value is -2.97. The minimum atomic E-state index is -0.307. The molecule has 0 bridgehead atoms. The lowest BCUT2D eigenvalue weighted by molar-refractivity contribution is -0.132. The summed E-state index contributed by atoms with van der Waals surface area (Å²) >= 11 is 0. The van der Waals surface area contributed by atoms with Crippen LogP contribution in [0.15, 0.2) is 17.1 Å². The summed E-state index contributed by atoms with van der Waals surface area (Å²) in [5.74, 6) is 0.301. The molecule has 2 saturated heterocycles. The summed E-state index contributed by atoms with van der Waals surface area (Å²) in [6.07, 6.45) is 5.62. The van der Waals surface area contributed by atoms with Crippen molar-refractivity contribution in [2.45, 2.75) is 58.4 Å². The largest absolute Gasteiger partial charge is 0.347 e. The standard InChI is InChI=1S/C22H30N6O3/c1-15-13-16(2)28(22(31)24-15)12-7-19(29)26-10-5-17(6-11-26)20-18(14-23-25-20)21(30)27-8-3-4-9-27/h13-14,17H,3-12H2,1-2H3,(H,23,25). The van der Waals surface area contributed by atoms with Crippen LogP contribution in [0, 0.1) is 13.8 Å². The van der Waals surface area contributed by atoms with Crippen molar-refractivity contribution >= 4 is 11.8 Å². The maximum Gasteiger partial charge on any atom is 0.347 e. The number of H-pyrrole nitrogens is 1. The minimum absolute atomic E-state index is 0.0447. The van der Waals surface area contributed by atoms with Gasteiger partial charge in [0.1, 0.15) is 0 Å². The van der Waals surface area contributed by atoms with Gasteiger partial charge in [0, 0.05) is 56.5 Å². The van der Waals surface area contributed by atoms with Gasteiger partial charge in [-0.3, -0.25) is 19.3 Å². The number of carbonyl (C=O) groups excluding carboxylic acids is 2. The molecule has 4 heterocycles. The molecule has 9 nitrogen and oxygen atoms in total. The molecule has 2 aliphatic rings. The molecule has 0 unspecified atom stereocenters. The Labute approximate surface area is 181 Å². The van der Waals surface area contributed by atoms with Crippen molar-refractivity contribution in [1.82, 2.24) is 29.5 Å². The molecule has 9 heteroatoms. The first-order chi connectivity index (χ1) is 14.9. The van der Waals surface area contributed by atoms with E-state index in [-0.39, 0.29) is 29.8 Å². The predicted molar refractivity (Wildman–Crippen MR) is 115 cm³/mol. The van der Waals surface area contributed by atoms with Gasteiger partial charge in [-0.2, -0.15) is 10.1 Å². The maximum atomic E-state index is 12.8. The van der Waals surface area contributed by atoms with Crippen molar-refractivity contribution in [2.75, 3.05) is 26.2 Å². The SMILES string of the molecule is Cc1cc(C)n(CCC(=O)N2CCC(c3[nH]ncc3C(=O)N3CCCC3)CC2)c(=O)n1. The van der Waals surface area contributed by atoms with Gasteiger partial charge in [0.15, 0.2) is 0 Å². The van der Waals surface area contributed by atoms with Crippen LogP contribution >= 0.6 is 0 Å². The highest BCUT2D eigenvalue weighted by Gasteiger charge is 2.30. The second kappa shape index (κ2) is 9.03. The number of nitrogens with one attached hydrogen (secondary N) is 1. The van der Waals surface area contributed by atoms with Crippen LogP contribution in [0.1, 0.15) is 65.5 Å². The maximum absolute atomic E-state index is 12.8. The van der Waals surface area contributed by atoms with Crippen LogP contribution in [0.5, 0.6) is 0 Å². The highest BCUT2D eigenvalue weighted by atomic mass is 16.2. The first-order valence-corrected chi connectivity index (χ1v) is 11.1. The van der Waals surface area contributed by atoms with Gasteiger partial charge in [0.05, 0.1) is 17.5 Å². The van der Waals surface area contributed by atoms with E-state index in [1.54, 1.807) is 17.7 Å². The Bertz CT molecular complexity index is 1010. The monoisotopic (exact) mass is 426 g/mol. The minimum Gasteiger partial charge on any atom is -0.343 e. The van der Waals surface area contributed by atoms with E-state index in [9.17, 15) is 14.4 Å². The molecular formula is C22H30N6O3. The van der Waals surface area contributed by atoms with Crippen LogP contribution in [0.4, 0.5) is 0 Å². The lowest BCUT2D eigenvalue weighted by atomic mass is 9.91. The summed E-state index contributed by atoms with van der Waals surface area (Å²) in [6, 6.07) is 1.85. The molecule has 0 aliphatic carbocycles. The number of aromatic amines is 1. The van der Waals surface area contributed by atoms with Gasteiger partial charge in [0.2, 0.25) is 5.91 Å². The number of hydrogen-bond donors (Lipinski definition) is 1. The number of amides is 2. The number of hydrogen-bond acceptors (Lipinski definition) is 5. The van der Waals surface area contributed by atoms with Crippen LogP contribution in [-0.2, 0) is 11.3 Å². The number of aromatic nitrogens is 4. The summed E-state index contributed by atoms with van der Waals surface area (Å²) in [7, 11) is 0. The van der Waals surface area contributed by atoms with Crippen molar-refractivity contribution in [1.29, 1.82) is 0 Å². The van der Waals surface area contributed by atoms with E-state index in [0.29, 0.717) is 30.9 Å². The van der Waals surface area contributed by atoms with Crippen LogP contribution in [0.2, 0.25) is 0 Å². The lowest BCUT2D eigenvalue weighted by Gasteiger charge is -2.32. The molecule has 1 N–H and O–H groups in total. The number of rotatable bonds is 5. The molecular weight excluding hydrogens is 396 g/mol. The highest BCUT2D eigenvalue weighted by molar-refractivity contribution is 5.95. The van der Waals surface area contributed by atoms with Crippen molar-refractivity contribution in [3.05, 3.63) is 45.4 Å². The fraction of sp³-hybridized carbons (Fsp3) is 0.591. The number of likely N-dealkylation sites (tertiary alicyclic amines) is 2. The second-order valence-electron chi connectivity index (χ2n) is 8.57. The zero-order valence-corrected chi connectivity index (χ0v) is 18.3. The Kier molecular flexibility index (Phi) is 6.20. The highest BCUT2D eigenvalue weighted by Crippen LogP contribution is 2.30. The summed E-state index contributed by atoms with van der Waals surface area (Å²) in [6.45, 7) is 6.89. The van der Waals surface area contributed by atoms with Gasteiger partial charge >= 0.3 is 5.69 Å². The van der Waals surface area contributed by atoms with Crippen molar-refractivity contribution in [3.63, 3.8) is 0 Å². The van der Waals surface area contributed by atoms with E-state index < -0.39 is 0 Å². The predicted octanol–water partition coefficient (Wildman–Crippen LogP) is 1.62. The molecule has 2 aromatic heterocycles. The average Bonchev–Trinajstić information content (AvgIpc) is 3.45. The number of piperidine rings is 1. The fourth-order valence-corrected chi connectivity index (χ4v) is 4.70. The lowest BCUT2D eigenvalue weighted by Crippen LogP contribution is -2.39. The summed E-state index contributed by atoms with van der Waals surface area (Å²) in [4.78, 5) is 45.3. The van der Waals surface area contributed by atoms with Gasteiger partial charge in [-0.15, -0.1) is 0 Å². The van der Waals surface area contributed by atoms with E-state index in [4.69, 9.17) is 0 Å². The molecule has 0 saturated carbocycles. The Morgan fingerprint density at radius 2 is 1.81 bits per heavy atom. The van der Waals surface area contributed by atoms with Crippen LogP contribution in [0.25, 0.3) is 0 Å². The first-order valence-electron chi connectivity index (χ1n) is 11.1. The van der Waals surface area contributed by atoms with Crippen LogP contribution in [-0.4, -0.2) is 67.5 Å². The molecule has 0 aromatic carbocycles. The van der Waals surface area contributed by atoms with E-state index in [0.717, 1.165) is 50.2 Å². The topological polar surface area (TPSA) is 104 Å². The Morgan fingerprint density at radius 1 is 1.10 bits per heavy atom. The first kappa shape index (κ1) is 21.3. The molecule has 0 radical (unpaired) electrons. The van der Waals surface area contributed by atoms with Crippen molar-refractivity contribution in [3.8, 4) is 0 Å². The molecule has 2 aliphatic heterocycles. The average molecular weight is 427 g/mol. The summed E-state index contributed by atoms with van der Waals surface area (Å²) < 4.78 is 1.55. The van der Waals surface area contributed by atoms with E-state index in [1.165, 1.54) is 0 Å². The van der Waals surface area contributed by atoms with Crippen LogP contribution < -0.4 is 5.69 Å². The van der Waals surface area contributed by atoms with Crippen molar-refractivity contribution < 1.29 is 9.59 Å². The molecule has 0 spiro atoms. The normalized spacial score (nSPS) is 17.4. The number of carbonyl (C=O) groups is 2. The Balaban J connectivity index is 1.33. The van der Waals surface area contributed by atoms with E-state index in [2.05, 4.69) is 15.2 Å². The number of aryl methyl sites for hydroxylation is 2. The third kappa shape index (κ3) is 4.55. The molecule has 2 fully saturated rings. The fourth-order valence-electron chi connectivity index (χ4n) is 4.70. The molecule has 4 rings (SSSR count). The smallest absolute Gasteiger partial charge is 0.343 e. The van der Waals surface area contributed by atoms with Gasteiger partial charge in [0.25, 0.3) is 5.91 Å². The Morgan fingerprint density at radius 3 is 2.48 bits per heavy atom. The molecule has 2 amide bonds. The molecule has 0 atom stereocenters. The third-order valence-corrected chi connectivity index (χ3v) is 6.44. The zero-order valence-electron chi connectivity index (χ0n) is 18.3. The van der Waals surface area contributed by atoms with Gasteiger partial charge in [-0.05, 0) is 45.6 Å². The van der Waals surface area contributed by atoms with Crippen LogP contribution in [0.3, 0.4) is 0 Å². The molecule has 31 heavy (non-hydrogen) atoms. The molecule has 166 valence electrons.